The lowest BCUT2D eigenvalue weighted by Gasteiger charge is -2.09. The predicted octanol–water partition coefficient (Wildman–Crippen LogP) is 3.02. The number of esters is 1. The molecule has 0 radical (unpaired) electrons. The second-order valence-electron chi connectivity index (χ2n) is 6.37. The van der Waals surface area contributed by atoms with Gasteiger partial charge >= 0.3 is 5.97 Å². The molecule has 1 aliphatic rings. The lowest BCUT2D eigenvalue weighted by Crippen LogP contribution is -2.17. The van der Waals surface area contributed by atoms with E-state index in [4.69, 9.17) is 4.74 Å². The Morgan fingerprint density at radius 3 is 2.91 bits per heavy atom. The van der Waals surface area contributed by atoms with Crippen molar-refractivity contribution in [2.75, 3.05) is 0 Å². The molecule has 2 aromatic rings. The van der Waals surface area contributed by atoms with E-state index >= 15 is 0 Å². The summed E-state index contributed by atoms with van der Waals surface area (Å²) in [6.07, 6.45) is 8.14. The number of carbonyl (C=O) groups is 1. The fraction of sp³-hybridized carbons (Fsp3) is 0.500. The van der Waals surface area contributed by atoms with Crippen LogP contribution in [0, 0.1) is 12.8 Å². The van der Waals surface area contributed by atoms with E-state index in [1.54, 1.807) is 12.3 Å². The second kappa shape index (κ2) is 6.94. The largest absolute Gasteiger partial charge is 0.459 e. The molecule has 0 bridgehead atoms. The van der Waals surface area contributed by atoms with Crippen LogP contribution >= 0.6 is 0 Å². The average Bonchev–Trinajstić information content (AvgIpc) is 3.05. The summed E-state index contributed by atoms with van der Waals surface area (Å²) >= 11 is 0. The van der Waals surface area contributed by atoms with Gasteiger partial charge in [-0.3, -0.25) is 14.0 Å². The number of nitrogens with zero attached hydrogens (tertiary/aromatic N) is 2. The molecule has 1 fully saturated rings. The summed E-state index contributed by atoms with van der Waals surface area (Å²) in [6, 6.07) is 5.12. The maximum atomic E-state index is 12.1. The van der Waals surface area contributed by atoms with Crippen LogP contribution in [0.25, 0.3) is 5.65 Å². The molecular formula is C18H22N2O3. The van der Waals surface area contributed by atoms with Gasteiger partial charge in [-0.2, -0.15) is 0 Å². The Balaban J connectivity index is 1.59. The number of fused-ring (bicyclic) bond motifs is 1. The molecule has 2 heterocycles. The highest BCUT2D eigenvalue weighted by atomic mass is 16.5. The van der Waals surface area contributed by atoms with E-state index in [1.807, 2.05) is 13.0 Å². The number of rotatable bonds is 5. The van der Waals surface area contributed by atoms with Crippen molar-refractivity contribution in [2.24, 2.45) is 5.92 Å². The van der Waals surface area contributed by atoms with Gasteiger partial charge in [-0.15, -0.1) is 0 Å². The number of aryl methyl sites for hydroxylation is 1. The van der Waals surface area contributed by atoms with E-state index in [1.165, 1.54) is 36.2 Å². The molecule has 0 aromatic carbocycles. The topological polar surface area (TPSA) is 60.7 Å². The normalized spacial score (nSPS) is 15.2. The van der Waals surface area contributed by atoms with Gasteiger partial charge in [0.05, 0.1) is 5.69 Å². The van der Waals surface area contributed by atoms with Crippen LogP contribution in [-0.4, -0.2) is 15.4 Å². The van der Waals surface area contributed by atoms with Gasteiger partial charge in [0.15, 0.2) is 0 Å². The molecule has 1 aliphatic carbocycles. The molecule has 5 heteroatoms. The lowest BCUT2D eigenvalue weighted by atomic mass is 10.0. The van der Waals surface area contributed by atoms with Crippen LogP contribution in [0.1, 0.15) is 49.8 Å². The highest BCUT2D eigenvalue weighted by Gasteiger charge is 2.16. The Labute approximate surface area is 135 Å². The average molecular weight is 314 g/mol. The van der Waals surface area contributed by atoms with E-state index in [2.05, 4.69) is 4.98 Å². The van der Waals surface area contributed by atoms with Crippen LogP contribution < -0.4 is 5.56 Å². The van der Waals surface area contributed by atoms with E-state index in [-0.39, 0.29) is 18.1 Å². The number of ether oxygens (including phenoxy) is 1. The van der Waals surface area contributed by atoms with E-state index in [9.17, 15) is 9.59 Å². The minimum atomic E-state index is -0.206. The first-order chi connectivity index (χ1) is 11.1. The summed E-state index contributed by atoms with van der Waals surface area (Å²) in [5, 5.41) is 0. The summed E-state index contributed by atoms with van der Waals surface area (Å²) in [7, 11) is 0. The molecule has 0 saturated heterocycles. The van der Waals surface area contributed by atoms with E-state index in [0.29, 0.717) is 23.7 Å². The zero-order chi connectivity index (χ0) is 16.2. The highest BCUT2D eigenvalue weighted by Crippen LogP contribution is 2.28. The molecule has 0 amide bonds. The van der Waals surface area contributed by atoms with Gasteiger partial charge in [-0.05, 0) is 30.9 Å². The van der Waals surface area contributed by atoms with Gasteiger partial charge in [0, 0.05) is 18.7 Å². The quantitative estimate of drug-likeness (QED) is 0.796. The van der Waals surface area contributed by atoms with Crippen LogP contribution in [0.15, 0.2) is 29.2 Å². The zero-order valence-electron chi connectivity index (χ0n) is 13.5. The van der Waals surface area contributed by atoms with Gasteiger partial charge < -0.3 is 4.74 Å². The smallest absolute Gasteiger partial charge is 0.306 e. The molecule has 0 spiro atoms. The van der Waals surface area contributed by atoms with Crippen LogP contribution in [0.4, 0.5) is 0 Å². The predicted molar refractivity (Wildman–Crippen MR) is 87.2 cm³/mol. The molecule has 23 heavy (non-hydrogen) atoms. The number of carbonyl (C=O) groups excluding carboxylic acids is 1. The van der Waals surface area contributed by atoms with Crippen LogP contribution in [0.2, 0.25) is 0 Å². The third-order valence-corrected chi connectivity index (χ3v) is 4.47. The molecule has 5 nitrogen and oxygen atoms in total. The number of hydrogen-bond donors (Lipinski definition) is 0. The number of aromatic nitrogens is 2. The summed E-state index contributed by atoms with van der Waals surface area (Å²) in [6.45, 7) is 1.98. The van der Waals surface area contributed by atoms with Crippen LogP contribution in [-0.2, 0) is 16.1 Å². The van der Waals surface area contributed by atoms with Crippen molar-refractivity contribution >= 4 is 11.6 Å². The second-order valence-corrected chi connectivity index (χ2v) is 6.37. The standard InChI is InChI=1S/C18H22N2O3/c1-13-6-8-16-19-15(10-17(21)20(16)11-13)12-23-18(22)9-7-14-4-2-3-5-14/h6,8,10-11,14H,2-5,7,9,12H2,1H3. The summed E-state index contributed by atoms with van der Waals surface area (Å²) < 4.78 is 6.77. The Bertz CT molecular complexity index is 760. The van der Waals surface area contributed by atoms with E-state index < -0.39 is 0 Å². The molecule has 0 unspecified atom stereocenters. The van der Waals surface area contributed by atoms with Gasteiger partial charge in [-0.1, -0.05) is 31.7 Å². The third kappa shape index (κ3) is 3.97. The van der Waals surface area contributed by atoms with Crippen molar-refractivity contribution in [3.05, 3.63) is 46.0 Å². The first kappa shape index (κ1) is 15.7. The highest BCUT2D eigenvalue weighted by molar-refractivity contribution is 5.69. The zero-order valence-corrected chi connectivity index (χ0v) is 13.5. The Morgan fingerprint density at radius 1 is 1.35 bits per heavy atom. The molecule has 0 aliphatic heterocycles. The maximum absolute atomic E-state index is 12.1. The van der Waals surface area contributed by atoms with Crippen molar-refractivity contribution in [1.82, 2.24) is 9.38 Å². The van der Waals surface area contributed by atoms with Gasteiger partial charge in [0.25, 0.3) is 5.56 Å². The summed E-state index contributed by atoms with van der Waals surface area (Å²) in [5.41, 5.74) is 1.90. The molecule has 122 valence electrons. The molecule has 0 atom stereocenters. The third-order valence-electron chi connectivity index (χ3n) is 4.47. The van der Waals surface area contributed by atoms with Crippen molar-refractivity contribution in [3.63, 3.8) is 0 Å². The Hall–Kier alpha value is -2.17. The lowest BCUT2D eigenvalue weighted by molar-refractivity contribution is -0.145. The fourth-order valence-electron chi connectivity index (χ4n) is 3.18. The summed E-state index contributed by atoms with van der Waals surface area (Å²) in [5.74, 6) is 0.469. The SMILES string of the molecule is Cc1ccc2nc(COC(=O)CCC3CCCC3)cc(=O)n2c1. The van der Waals surface area contributed by atoms with Gasteiger partial charge in [0.1, 0.15) is 12.3 Å². The first-order valence-corrected chi connectivity index (χ1v) is 8.26. The van der Waals surface area contributed by atoms with Crippen molar-refractivity contribution in [1.29, 1.82) is 0 Å². The number of pyridine rings is 1. The maximum Gasteiger partial charge on any atom is 0.306 e. The fourth-order valence-corrected chi connectivity index (χ4v) is 3.18. The minimum absolute atomic E-state index is 0.0586. The number of hydrogen-bond acceptors (Lipinski definition) is 4. The molecule has 2 aromatic heterocycles. The Kier molecular flexibility index (Phi) is 4.74. The van der Waals surface area contributed by atoms with E-state index in [0.717, 1.165) is 12.0 Å². The van der Waals surface area contributed by atoms with Gasteiger partial charge in [-0.25, -0.2) is 4.98 Å². The molecular weight excluding hydrogens is 292 g/mol. The minimum Gasteiger partial charge on any atom is -0.459 e. The molecule has 0 N–H and O–H groups in total. The van der Waals surface area contributed by atoms with Crippen LogP contribution in [0.5, 0.6) is 0 Å². The van der Waals surface area contributed by atoms with Crippen molar-refractivity contribution in [3.8, 4) is 0 Å². The first-order valence-electron chi connectivity index (χ1n) is 8.26. The molecule has 1 saturated carbocycles. The van der Waals surface area contributed by atoms with Crippen LogP contribution in [0.3, 0.4) is 0 Å². The summed E-state index contributed by atoms with van der Waals surface area (Å²) in [4.78, 5) is 28.3. The Morgan fingerprint density at radius 2 is 2.13 bits per heavy atom. The van der Waals surface area contributed by atoms with Gasteiger partial charge in [0.2, 0.25) is 0 Å². The van der Waals surface area contributed by atoms with Crippen molar-refractivity contribution < 1.29 is 9.53 Å². The van der Waals surface area contributed by atoms with Crippen molar-refractivity contribution in [2.45, 2.75) is 52.1 Å². The molecule has 3 rings (SSSR count). The monoisotopic (exact) mass is 314 g/mol.